The molecule has 5 heteroatoms. The van der Waals surface area contributed by atoms with Crippen LogP contribution in [-0.2, 0) is 9.53 Å². The first kappa shape index (κ1) is 12.8. The highest BCUT2D eigenvalue weighted by atomic mass is 32.2. The van der Waals surface area contributed by atoms with Gasteiger partial charge in [-0.15, -0.1) is 0 Å². The lowest BCUT2D eigenvalue weighted by Crippen LogP contribution is -2.41. The van der Waals surface area contributed by atoms with Gasteiger partial charge in [0.15, 0.2) is 0 Å². The summed E-state index contributed by atoms with van der Waals surface area (Å²) in [6.07, 6.45) is 1.08. The van der Waals surface area contributed by atoms with Crippen molar-refractivity contribution < 1.29 is 14.6 Å². The lowest BCUT2D eigenvalue weighted by Gasteiger charge is -2.26. The van der Waals surface area contributed by atoms with E-state index < -0.39 is 5.97 Å². The molecule has 4 nitrogen and oxygen atoms in total. The molecule has 0 amide bonds. The van der Waals surface area contributed by atoms with Gasteiger partial charge in [0.1, 0.15) is 0 Å². The number of carbonyl (C=O) groups is 1. The minimum Gasteiger partial charge on any atom is -0.480 e. The Kier molecular flexibility index (Phi) is 5.42. The lowest BCUT2D eigenvalue weighted by atomic mass is 10.1. The molecule has 1 heterocycles. The second-order valence-corrected chi connectivity index (χ2v) is 5.36. The van der Waals surface area contributed by atoms with E-state index in [-0.39, 0.29) is 6.54 Å². The van der Waals surface area contributed by atoms with Crippen LogP contribution in [0.15, 0.2) is 0 Å². The zero-order valence-electron chi connectivity index (χ0n) is 9.31. The molecule has 1 saturated heterocycles. The molecule has 15 heavy (non-hydrogen) atoms. The number of hydrogen-bond donors (Lipinski definition) is 1. The van der Waals surface area contributed by atoms with Crippen molar-refractivity contribution in [1.29, 1.82) is 0 Å². The molecule has 88 valence electrons. The highest BCUT2D eigenvalue weighted by molar-refractivity contribution is 8.00. The maximum atomic E-state index is 10.7. The minimum atomic E-state index is -0.754. The number of carboxylic acid groups (broad SMARTS) is 1. The fourth-order valence-electron chi connectivity index (χ4n) is 1.82. The molecular formula is C10H19NO3S. The molecule has 1 fully saturated rings. The maximum absolute atomic E-state index is 10.7. The third-order valence-corrected chi connectivity index (χ3v) is 3.95. The standard InChI is InChI=1S/C10H19NO3S/c1-8-5-9(7-15-8)11(3-4-14-2)6-10(12)13/h8-9H,3-7H2,1-2H3,(H,12,13). The highest BCUT2D eigenvalue weighted by Gasteiger charge is 2.28. The Morgan fingerprint density at radius 2 is 2.40 bits per heavy atom. The van der Waals surface area contributed by atoms with Gasteiger partial charge in [0.25, 0.3) is 0 Å². The van der Waals surface area contributed by atoms with E-state index in [0.717, 1.165) is 12.2 Å². The van der Waals surface area contributed by atoms with Gasteiger partial charge >= 0.3 is 5.97 Å². The molecule has 0 radical (unpaired) electrons. The Hall–Kier alpha value is -0.260. The molecule has 0 aromatic heterocycles. The summed E-state index contributed by atoms with van der Waals surface area (Å²) in [5.41, 5.74) is 0. The molecule has 1 aliphatic heterocycles. The molecule has 0 saturated carbocycles. The van der Waals surface area contributed by atoms with E-state index in [0.29, 0.717) is 24.4 Å². The van der Waals surface area contributed by atoms with Gasteiger partial charge in [-0.25, -0.2) is 0 Å². The third kappa shape index (κ3) is 4.40. The number of aliphatic carboxylic acids is 1. The molecule has 0 aromatic carbocycles. The van der Waals surface area contributed by atoms with Gasteiger partial charge in [0.05, 0.1) is 13.2 Å². The van der Waals surface area contributed by atoms with E-state index in [4.69, 9.17) is 9.84 Å². The largest absolute Gasteiger partial charge is 0.480 e. The summed E-state index contributed by atoms with van der Waals surface area (Å²) < 4.78 is 5.00. The van der Waals surface area contributed by atoms with E-state index >= 15 is 0 Å². The van der Waals surface area contributed by atoms with Crippen molar-refractivity contribution in [1.82, 2.24) is 4.90 Å². The van der Waals surface area contributed by atoms with Crippen LogP contribution in [0.5, 0.6) is 0 Å². The Morgan fingerprint density at radius 1 is 1.67 bits per heavy atom. The van der Waals surface area contributed by atoms with Gasteiger partial charge in [-0.3, -0.25) is 9.69 Å². The minimum absolute atomic E-state index is 0.126. The number of rotatable bonds is 6. The van der Waals surface area contributed by atoms with Crippen LogP contribution in [0.25, 0.3) is 0 Å². The first-order chi connectivity index (χ1) is 7.13. The van der Waals surface area contributed by atoms with Gasteiger partial charge in [-0.2, -0.15) is 11.8 Å². The Labute approximate surface area is 95.0 Å². The van der Waals surface area contributed by atoms with E-state index in [1.165, 1.54) is 0 Å². The average molecular weight is 233 g/mol. The summed E-state index contributed by atoms with van der Waals surface area (Å²) >= 11 is 1.92. The average Bonchev–Trinajstić information content (AvgIpc) is 2.58. The maximum Gasteiger partial charge on any atom is 0.317 e. The van der Waals surface area contributed by atoms with Crippen LogP contribution >= 0.6 is 11.8 Å². The summed E-state index contributed by atoms with van der Waals surface area (Å²) in [5, 5.41) is 9.47. The Bertz CT molecular complexity index is 213. The van der Waals surface area contributed by atoms with Crippen LogP contribution in [0.3, 0.4) is 0 Å². The monoisotopic (exact) mass is 233 g/mol. The van der Waals surface area contributed by atoms with Crippen molar-refractivity contribution in [3.8, 4) is 0 Å². The topological polar surface area (TPSA) is 49.8 Å². The second kappa shape index (κ2) is 6.35. The smallest absolute Gasteiger partial charge is 0.317 e. The zero-order chi connectivity index (χ0) is 11.3. The van der Waals surface area contributed by atoms with E-state index in [9.17, 15) is 4.79 Å². The van der Waals surface area contributed by atoms with Crippen molar-refractivity contribution in [3.05, 3.63) is 0 Å². The first-order valence-electron chi connectivity index (χ1n) is 5.20. The van der Waals surface area contributed by atoms with Crippen molar-refractivity contribution >= 4 is 17.7 Å². The number of methoxy groups -OCH3 is 1. The lowest BCUT2D eigenvalue weighted by molar-refractivity contribution is -0.139. The second-order valence-electron chi connectivity index (χ2n) is 3.89. The zero-order valence-corrected chi connectivity index (χ0v) is 10.1. The molecule has 1 N–H and O–H groups in total. The van der Waals surface area contributed by atoms with E-state index in [1.807, 2.05) is 16.7 Å². The van der Waals surface area contributed by atoms with Crippen LogP contribution in [0.2, 0.25) is 0 Å². The van der Waals surface area contributed by atoms with Crippen molar-refractivity contribution in [2.75, 3.05) is 32.6 Å². The molecule has 0 aliphatic carbocycles. The van der Waals surface area contributed by atoms with Crippen LogP contribution in [0.1, 0.15) is 13.3 Å². The van der Waals surface area contributed by atoms with Crippen molar-refractivity contribution in [2.45, 2.75) is 24.6 Å². The number of thioether (sulfide) groups is 1. The molecule has 1 aliphatic rings. The van der Waals surface area contributed by atoms with E-state index in [1.54, 1.807) is 7.11 Å². The highest BCUT2D eigenvalue weighted by Crippen LogP contribution is 2.29. The Balaban J connectivity index is 2.43. The molecule has 2 atom stereocenters. The molecular weight excluding hydrogens is 214 g/mol. The van der Waals surface area contributed by atoms with Crippen LogP contribution < -0.4 is 0 Å². The van der Waals surface area contributed by atoms with Crippen LogP contribution in [0, 0.1) is 0 Å². The van der Waals surface area contributed by atoms with Crippen molar-refractivity contribution in [3.63, 3.8) is 0 Å². The van der Waals surface area contributed by atoms with Crippen LogP contribution in [-0.4, -0.2) is 59.8 Å². The van der Waals surface area contributed by atoms with Gasteiger partial charge in [0.2, 0.25) is 0 Å². The fourth-order valence-corrected chi connectivity index (χ4v) is 3.08. The summed E-state index contributed by atoms with van der Waals surface area (Å²) in [4.78, 5) is 12.7. The third-order valence-electron chi connectivity index (χ3n) is 2.61. The van der Waals surface area contributed by atoms with Crippen LogP contribution in [0.4, 0.5) is 0 Å². The van der Waals surface area contributed by atoms with E-state index in [2.05, 4.69) is 6.92 Å². The molecule has 0 aromatic rings. The number of nitrogens with zero attached hydrogens (tertiary/aromatic N) is 1. The quantitative estimate of drug-likeness (QED) is 0.739. The first-order valence-corrected chi connectivity index (χ1v) is 6.24. The summed E-state index contributed by atoms with van der Waals surface area (Å²) in [6.45, 7) is 3.63. The molecule has 0 spiro atoms. The van der Waals surface area contributed by atoms with Gasteiger partial charge in [0, 0.05) is 30.7 Å². The molecule has 2 unspecified atom stereocenters. The van der Waals surface area contributed by atoms with Gasteiger partial charge in [-0.05, 0) is 6.42 Å². The normalized spacial score (nSPS) is 26.1. The summed E-state index contributed by atoms with van der Waals surface area (Å²) in [5.74, 6) is 0.286. The fraction of sp³-hybridized carbons (Fsp3) is 0.900. The predicted molar refractivity (Wildman–Crippen MR) is 61.4 cm³/mol. The number of ether oxygens (including phenoxy) is 1. The van der Waals surface area contributed by atoms with Gasteiger partial charge < -0.3 is 9.84 Å². The predicted octanol–water partition coefficient (Wildman–Crippen LogP) is 0.913. The van der Waals surface area contributed by atoms with Gasteiger partial charge in [-0.1, -0.05) is 6.92 Å². The number of carboxylic acids is 1. The summed E-state index contributed by atoms with van der Waals surface area (Å²) in [6, 6.07) is 0.399. The summed E-state index contributed by atoms with van der Waals surface area (Å²) in [7, 11) is 1.64. The SMILES string of the molecule is COCCN(CC(=O)O)C1CSC(C)C1. The Morgan fingerprint density at radius 3 is 2.87 bits per heavy atom. The molecule has 1 rings (SSSR count). The molecule has 0 bridgehead atoms. The number of hydrogen-bond acceptors (Lipinski definition) is 4. The van der Waals surface area contributed by atoms with Crippen molar-refractivity contribution in [2.24, 2.45) is 0 Å².